The Balaban J connectivity index is 1.35. The van der Waals surface area contributed by atoms with Gasteiger partial charge in [-0.2, -0.15) is 0 Å². The number of hydrogen-bond acceptors (Lipinski definition) is 2. The lowest BCUT2D eigenvalue weighted by Gasteiger charge is -2.37. The molecule has 3 heteroatoms. The van der Waals surface area contributed by atoms with Crippen LogP contribution in [-0.4, -0.2) is 37.0 Å². The Morgan fingerprint density at radius 3 is 1.60 bits per heavy atom. The molecule has 2 heterocycles. The van der Waals surface area contributed by atoms with E-state index in [-0.39, 0.29) is 0 Å². The van der Waals surface area contributed by atoms with Crippen molar-refractivity contribution < 1.29 is 4.79 Å². The first kappa shape index (κ1) is 25.7. The number of rotatable bonds is 16. The second kappa shape index (κ2) is 17.0. The molecule has 0 radical (unpaired) electrons. The van der Waals surface area contributed by atoms with Crippen LogP contribution in [0.15, 0.2) is 0 Å². The molecule has 2 rings (SSSR count). The average molecular weight is 421 g/mol. The number of nitrogens with zero attached hydrogens (tertiary/aromatic N) is 1. The van der Waals surface area contributed by atoms with Gasteiger partial charge >= 0.3 is 0 Å². The van der Waals surface area contributed by atoms with E-state index in [9.17, 15) is 4.79 Å². The van der Waals surface area contributed by atoms with Gasteiger partial charge in [0.05, 0.1) is 0 Å². The zero-order valence-corrected chi connectivity index (χ0v) is 20.3. The summed E-state index contributed by atoms with van der Waals surface area (Å²) in [6.45, 7) is 6.72. The van der Waals surface area contributed by atoms with Gasteiger partial charge in [0.15, 0.2) is 0 Å². The van der Waals surface area contributed by atoms with Crippen molar-refractivity contribution >= 4 is 5.91 Å². The molecule has 30 heavy (non-hydrogen) atoms. The highest BCUT2D eigenvalue weighted by Gasteiger charge is 2.28. The Kier molecular flexibility index (Phi) is 14.6. The van der Waals surface area contributed by atoms with Crippen LogP contribution in [0, 0.1) is 11.8 Å². The van der Waals surface area contributed by atoms with Gasteiger partial charge in [-0.15, -0.1) is 0 Å². The minimum absolute atomic E-state index is 0.428. The SMILES string of the molecule is CCCCCCCCCCCCCCCCC(=O)N1CCC(C2CCNCC2)CC1. The van der Waals surface area contributed by atoms with Crippen molar-refractivity contribution in [3.8, 4) is 0 Å². The number of carbonyl (C=O) groups is 1. The normalized spacial score (nSPS) is 18.8. The molecule has 2 fully saturated rings. The first-order chi connectivity index (χ1) is 14.8. The highest BCUT2D eigenvalue weighted by molar-refractivity contribution is 5.76. The molecule has 0 atom stereocenters. The van der Waals surface area contributed by atoms with Crippen molar-refractivity contribution in [1.82, 2.24) is 10.2 Å². The van der Waals surface area contributed by atoms with Crippen LogP contribution >= 0.6 is 0 Å². The maximum absolute atomic E-state index is 12.5. The smallest absolute Gasteiger partial charge is 0.222 e. The molecular formula is C27H52N2O. The summed E-state index contributed by atoms with van der Waals surface area (Å²) in [4.78, 5) is 14.7. The standard InChI is InChI=1S/C27H52N2O/c1-2-3-4-5-6-7-8-9-10-11-12-13-14-15-16-27(30)29-23-19-26(20-24-29)25-17-21-28-22-18-25/h25-26,28H,2-24H2,1H3. The van der Waals surface area contributed by atoms with Gasteiger partial charge in [-0.3, -0.25) is 4.79 Å². The van der Waals surface area contributed by atoms with Gasteiger partial charge in [0.1, 0.15) is 0 Å². The summed E-state index contributed by atoms with van der Waals surface area (Å²) < 4.78 is 0. The second-order valence-corrected chi connectivity index (χ2v) is 10.2. The lowest BCUT2D eigenvalue weighted by Crippen LogP contribution is -2.41. The quantitative estimate of drug-likeness (QED) is 0.270. The maximum Gasteiger partial charge on any atom is 0.222 e. The van der Waals surface area contributed by atoms with Crippen molar-refractivity contribution in [3.05, 3.63) is 0 Å². The van der Waals surface area contributed by atoms with Crippen LogP contribution in [-0.2, 0) is 4.79 Å². The van der Waals surface area contributed by atoms with E-state index in [0.29, 0.717) is 5.91 Å². The van der Waals surface area contributed by atoms with Crippen LogP contribution in [0.2, 0.25) is 0 Å². The van der Waals surface area contributed by atoms with Crippen LogP contribution < -0.4 is 5.32 Å². The number of hydrogen-bond donors (Lipinski definition) is 1. The molecule has 2 aliphatic rings. The number of piperidine rings is 2. The minimum Gasteiger partial charge on any atom is -0.343 e. The Labute approximate surface area is 188 Å². The molecule has 0 bridgehead atoms. The molecule has 0 spiro atoms. The third-order valence-corrected chi connectivity index (χ3v) is 7.69. The third-order valence-electron chi connectivity index (χ3n) is 7.69. The molecule has 0 aromatic carbocycles. The number of unbranched alkanes of at least 4 members (excludes halogenated alkanes) is 13. The average Bonchev–Trinajstić information content (AvgIpc) is 2.80. The molecule has 0 saturated carbocycles. The number of likely N-dealkylation sites (tertiary alicyclic amines) is 1. The van der Waals surface area contributed by atoms with Crippen LogP contribution in [0.4, 0.5) is 0 Å². The van der Waals surface area contributed by atoms with E-state index in [1.165, 1.54) is 122 Å². The largest absolute Gasteiger partial charge is 0.343 e. The first-order valence-corrected chi connectivity index (χ1v) is 13.8. The van der Waals surface area contributed by atoms with E-state index in [4.69, 9.17) is 0 Å². The Hall–Kier alpha value is -0.570. The van der Waals surface area contributed by atoms with E-state index < -0.39 is 0 Å². The van der Waals surface area contributed by atoms with Crippen molar-refractivity contribution in [2.24, 2.45) is 11.8 Å². The number of carbonyl (C=O) groups excluding carboxylic acids is 1. The lowest BCUT2D eigenvalue weighted by molar-refractivity contribution is -0.133. The zero-order chi connectivity index (χ0) is 21.3. The molecule has 0 unspecified atom stereocenters. The number of amides is 1. The van der Waals surface area contributed by atoms with Crippen molar-refractivity contribution in [2.45, 2.75) is 129 Å². The minimum atomic E-state index is 0.428. The fraction of sp³-hybridized carbons (Fsp3) is 0.963. The summed E-state index contributed by atoms with van der Waals surface area (Å²) in [6.07, 6.45) is 25.2. The Morgan fingerprint density at radius 1 is 0.667 bits per heavy atom. The summed E-state index contributed by atoms with van der Waals surface area (Å²) in [5.74, 6) is 2.21. The topological polar surface area (TPSA) is 32.3 Å². The van der Waals surface area contributed by atoms with Gasteiger partial charge in [0.2, 0.25) is 5.91 Å². The Morgan fingerprint density at radius 2 is 1.10 bits per heavy atom. The van der Waals surface area contributed by atoms with E-state index in [1.807, 2.05) is 0 Å². The van der Waals surface area contributed by atoms with E-state index in [0.717, 1.165) is 37.8 Å². The molecule has 2 saturated heterocycles. The summed E-state index contributed by atoms with van der Waals surface area (Å²) in [5.41, 5.74) is 0. The fourth-order valence-corrected chi connectivity index (χ4v) is 5.56. The van der Waals surface area contributed by atoms with Crippen LogP contribution in [0.25, 0.3) is 0 Å². The molecule has 1 N–H and O–H groups in total. The van der Waals surface area contributed by atoms with Gasteiger partial charge in [-0.1, -0.05) is 90.4 Å². The Bertz CT molecular complexity index is 411. The predicted octanol–water partition coefficient (Wildman–Crippen LogP) is 7.10. The molecule has 0 aromatic rings. The molecular weight excluding hydrogens is 368 g/mol. The van der Waals surface area contributed by atoms with Crippen LogP contribution in [0.1, 0.15) is 129 Å². The van der Waals surface area contributed by atoms with Gasteiger partial charge < -0.3 is 10.2 Å². The maximum atomic E-state index is 12.5. The van der Waals surface area contributed by atoms with Crippen molar-refractivity contribution in [1.29, 1.82) is 0 Å². The highest BCUT2D eigenvalue weighted by atomic mass is 16.2. The summed E-state index contributed by atoms with van der Waals surface area (Å²) in [6, 6.07) is 0. The van der Waals surface area contributed by atoms with Crippen LogP contribution in [0.5, 0.6) is 0 Å². The zero-order valence-electron chi connectivity index (χ0n) is 20.3. The number of nitrogens with one attached hydrogen (secondary N) is 1. The second-order valence-electron chi connectivity index (χ2n) is 10.2. The van der Waals surface area contributed by atoms with Gasteiger partial charge in [-0.05, 0) is 57.0 Å². The molecule has 2 aliphatic heterocycles. The van der Waals surface area contributed by atoms with E-state index >= 15 is 0 Å². The monoisotopic (exact) mass is 420 g/mol. The highest BCUT2D eigenvalue weighted by Crippen LogP contribution is 2.31. The molecule has 0 aromatic heterocycles. The molecule has 3 nitrogen and oxygen atoms in total. The van der Waals surface area contributed by atoms with Gasteiger partial charge in [0, 0.05) is 19.5 Å². The lowest BCUT2D eigenvalue weighted by atomic mass is 9.79. The van der Waals surface area contributed by atoms with Crippen LogP contribution in [0.3, 0.4) is 0 Å². The van der Waals surface area contributed by atoms with Crippen molar-refractivity contribution in [3.63, 3.8) is 0 Å². The predicted molar refractivity (Wildman–Crippen MR) is 130 cm³/mol. The van der Waals surface area contributed by atoms with Gasteiger partial charge in [0.25, 0.3) is 0 Å². The van der Waals surface area contributed by atoms with E-state index in [1.54, 1.807) is 0 Å². The van der Waals surface area contributed by atoms with Crippen molar-refractivity contribution in [2.75, 3.05) is 26.2 Å². The molecule has 0 aliphatic carbocycles. The summed E-state index contributed by atoms with van der Waals surface area (Å²) in [5, 5.41) is 3.48. The van der Waals surface area contributed by atoms with Gasteiger partial charge in [-0.25, -0.2) is 0 Å². The van der Waals surface area contributed by atoms with E-state index in [2.05, 4.69) is 17.1 Å². The first-order valence-electron chi connectivity index (χ1n) is 13.8. The molecule has 1 amide bonds. The summed E-state index contributed by atoms with van der Waals surface area (Å²) in [7, 11) is 0. The molecule has 176 valence electrons. The third kappa shape index (κ3) is 11.2. The summed E-state index contributed by atoms with van der Waals surface area (Å²) >= 11 is 0. The fourth-order valence-electron chi connectivity index (χ4n) is 5.56.